The average Bonchev–Trinajstić information content (AvgIpc) is 3.02. The summed E-state index contributed by atoms with van der Waals surface area (Å²) in [6, 6.07) is 8.84. The summed E-state index contributed by atoms with van der Waals surface area (Å²) in [6.07, 6.45) is 0. The Balaban J connectivity index is 1.71. The first-order chi connectivity index (χ1) is 11.1. The monoisotopic (exact) mass is 349 g/mol. The van der Waals surface area contributed by atoms with Crippen molar-refractivity contribution in [2.45, 2.75) is 12.7 Å². The minimum absolute atomic E-state index is 0.253. The van der Waals surface area contributed by atoms with Gasteiger partial charge in [0.2, 0.25) is 5.91 Å². The number of primary amides is 1. The molecule has 5 nitrogen and oxygen atoms in total. The van der Waals surface area contributed by atoms with Gasteiger partial charge < -0.3 is 16.4 Å². The van der Waals surface area contributed by atoms with Crippen molar-refractivity contribution >= 4 is 40.7 Å². The topological polar surface area (TPSA) is 84.2 Å². The van der Waals surface area contributed by atoms with Crippen LogP contribution in [0.4, 0.5) is 10.5 Å². The molecule has 1 heterocycles. The minimum Gasteiger partial charge on any atom is -0.366 e. The number of hydrogen-bond acceptors (Lipinski definition) is 4. The number of anilines is 1. The maximum Gasteiger partial charge on any atom is 0.319 e. The Bertz CT molecular complexity index is 672. The Hall–Kier alpha value is -1.99. The van der Waals surface area contributed by atoms with Crippen LogP contribution in [0.5, 0.6) is 0 Å². The molecule has 0 saturated heterocycles. The van der Waals surface area contributed by atoms with E-state index in [0.717, 1.165) is 17.1 Å². The van der Waals surface area contributed by atoms with E-state index >= 15 is 0 Å². The maximum atomic E-state index is 11.9. The van der Waals surface area contributed by atoms with Crippen molar-refractivity contribution in [3.8, 4) is 0 Å². The first-order valence-corrected chi connectivity index (χ1v) is 9.15. The summed E-state index contributed by atoms with van der Waals surface area (Å²) in [5.74, 6) is 1.34. The Morgan fingerprint density at radius 3 is 2.78 bits per heavy atom. The Kier molecular flexibility index (Phi) is 6.49. The van der Waals surface area contributed by atoms with Crippen LogP contribution >= 0.6 is 23.1 Å². The molecule has 0 bridgehead atoms. The third-order valence-electron chi connectivity index (χ3n) is 3.12. The zero-order valence-corrected chi connectivity index (χ0v) is 14.4. The minimum atomic E-state index is -0.480. The lowest BCUT2D eigenvalue weighted by Gasteiger charge is -2.10. The summed E-state index contributed by atoms with van der Waals surface area (Å²) >= 11 is 3.52. The predicted molar refractivity (Wildman–Crippen MR) is 97.2 cm³/mol. The number of nitrogens with two attached hydrogens (primary N) is 1. The van der Waals surface area contributed by atoms with Gasteiger partial charge in [-0.3, -0.25) is 4.79 Å². The second-order valence-electron chi connectivity index (χ2n) is 4.91. The quantitative estimate of drug-likeness (QED) is 0.671. The molecule has 0 atom stereocenters. The van der Waals surface area contributed by atoms with E-state index in [1.54, 1.807) is 41.3 Å². The lowest BCUT2D eigenvalue weighted by Crippen LogP contribution is -2.30. The van der Waals surface area contributed by atoms with E-state index < -0.39 is 5.91 Å². The molecular weight excluding hydrogens is 330 g/mol. The molecule has 4 N–H and O–H groups in total. The van der Waals surface area contributed by atoms with Crippen molar-refractivity contribution in [1.29, 1.82) is 0 Å². The fraction of sp³-hybridized carbons (Fsp3) is 0.250. The zero-order chi connectivity index (χ0) is 16.7. The van der Waals surface area contributed by atoms with Crippen LogP contribution in [0.1, 0.15) is 20.8 Å². The zero-order valence-electron chi connectivity index (χ0n) is 12.8. The van der Waals surface area contributed by atoms with Crippen LogP contribution in [0.3, 0.4) is 0 Å². The summed E-state index contributed by atoms with van der Waals surface area (Å²) in [7, 11) is 0. The second-order valence-corrected chi connectivity index (χ2v) is 7.04. The third-order valence-corrected chi connectivity index (χ3v) is 5.18. The van der Waals surface area contributed by atoms with Gasteiger partial charge >= 0.3 is 6.03 Å². The largest absolute Gasteiger partial charge is 0.366 e. The molecule has 0 aliphatic carbocycles. The molecule has 122 valence electrons. The highest BCUT2D eigenvalue weighted by molar-refractivity contribution is 7.98. The van der Waals surface area contributed by atoms with Crippen LogP contribution in [0.15, 0.2) is 35.7 Å². The van der Waals surface area contributed by atoms with Crippen molar-refractivity contribution in [2.24, 2.45) is 5.73 Å². The number of aryl methyl sites for hydroxylation is 1. The van der Waals surface area contributed by atoms with Crippen molar-refractivity contribution in [3.05, 3.63) is 51.7 Å². The first kappa shape index (κ1) is 17.4. The highest BCUT2D eigenvalue weighted by Gasteiger charge is 2.07. The number of rotatable bonds is 7. The normalized spacial score (nSPS) is 10.3. The van der Waals surface area contributed by atoms with Crippen LogP contribution < -0.4 is 16.4 Å². The van der Waals surface area contributed by atoms with Crippen molar-refractivity contribution in [2.75, 3.05) is 17.6 Å². The lowest BCUT2D eigenvalue weighted by atomic mass is 10.1. The number of thiophene rings is 1. The van der Waals surface area contributed by atoms with Crippen molar-refractivity contribution in [3.63, 3.8) is 0 Å². The molecule has 0 aliphatic rings. The summed E-state index contributed by atoms with van der Waals surface area (Å²) < 4.78 is 0. The van der Waals surface area contributed by atoms with Crippen molar-refractivity contribution in [1.82, 2.24) is 5.32 Å². The van der Waals surface area contributed by atoms with Gasteiger partial charge in [-0.25, -0.2) is 4.79 Å². The molecule has 1 aromatic heterocycles. The van der Waals surface area contributed by atoms with Crippen LogP contribution in [0.25, 0.3) is 0 Å². The highest BCUT2D eigenvalue weighted by Crippen LogP contribution is 2.17. The molecule has 0 radical (unpaired) electrons. The Labute approximate surface area is 143 Å². The SMILES string of the molecule is Cc1cc(C(N)=O)ccc1NC(=O)NCCSCc1cccs1. The van der Waals surface area contributed by atoms with Gasteiger partial charge in [-0.1, -0.05) is 6.07 Å². The van der Waals surface area contributed by atoms with Crippen molar-refractivity contribution < 1.29 is 9.59 Å². The fourth-order valence-electron chi connectivity index (χ4n) is 1.93. The average molecular weight is 349 g/mol. The number of urea groups is 1. The summed E-state index contributed by atoms with van der Waals surface area (Å²) in [5.41, 5.74) is 7.11. The first-order valence-electron chi connectivity index (χ1n) is 7.11. The van der Waals surface area contributed by atoms with Gasteiger partial charge in [-0.15, -0.1) is 11.3 Å². The van der Waals surface area contributed by atoms with E-state index in [0.29, 0.717) is 17.8 Å². The molecule has 3 amide bonds. The van der Waals surface area contributed by atoms with Gasteiger partial charge in [0.25, 0.3) is 0 Å². The number of amides is 3. The molecule has 23 heavy (non-hydrogen) atoms. The predicted octanol–water partition coefficient (Wildman–Crippen LogP) is 3.21. The van der Waals surface area contributed by atoms with E-state index in [2.05, 4.69) is 22.1 Å². The number of carbonyl (C=O) groups excluding carboxylic acids is 2. The van der Waals surface area contributed by atoms with Gasteiger partial charge in [-0.05, 0) is 42.1 Å². The van der Waals surface area contributed by atoms with Crippen LogP contribution in [0.2, 0.25) is 0 Å². The number of benzene rings is 1. The van der Waals surface area contributed by atoms with Gasteiger partial charge in [0, 0.05) is 34.2 Å². The number of nitrogens with one attached hydrogen (secondary N) is 2. The number of thioether (sulfide) groups is 1. The highest BCUT2D eigenvalue weighted by atomic mass is 32.2. The molecule has 0 spiro atoms. The standard InChI is InChI=1S/C16H19N3O2S2/c1-11-9-12(15(17)20)4-5-14(11)19-16(21)18-6-8-22-10-13-3-2-7-23-13/h2-5,7,9H,6,8,10H2,1H3,(H2,17,20)(H2,18,19,21). The molecule has 0 unspecified atom stereocenters. The molecule has 0 saturated carbocycles. The van der Waals surface area contributed by atoms with E-state index in [1.807, 2.05) is 13.0 Å². The third kappa shape index (κ3) is 5.61. The maximum absolute atomic E-state index is 11.9. The Morgan fingerprint density at radius 2 is 2.13 bits per heavy atom. The van der Waals surface area contributed by atoms with Crippen LogP contribution in [0, 0.1) is 6.92 Å². The fourth-order valence-corrected chi connectivity index (χ4v) is 3.63. The summed E-state index contributed by atoms with van der Waals surface area (Å²) in [5, 5.41) is 7.65. The lowest BCUT2D eigenvalue weighted by molar-refractivity contribution is 0.1000. The molecular formula is C16H19N3O2S2. The van der Waals surface area contributed by atoms with Gasteiger partial charge in [0.05, 0.1) is 0 Å². The van der Waals surface area contributed by atoms with E-state index in [-0.39, 0.29) is 6.03 Å². The van der Waals surface area contributed by atoms with Gasteiger partial charge in [0.15, 0.2) is 0 Å². The molecule has 2 aromatic rings. The molecule has 1 aromatic carbocycles. The molecule has 2 rings (SSSR count). The van der Waals surface area contributed by atoms with Crippen LogP contribution in [-0.2, 0) is 5.75 Å². The Morgan fingerprint density at radius 1 is 1.30 bits per heavy atom. The smallest absolute Gasteiger partial charge is 0.319 e. The number of carbonyl (C=O) groups is 2. The van der Waals surface area contributed by atoms with Gasteiger partial charge in [0.1, 0.15) is 0 Å². The van der Waals surface area contributed by atoms with E-state index in [1.165, 1.54) is 4.88 Å². The number of hydrogen-bond donors (Lipinski definition) is 3. The molecule has 7 heteroatoms. The van der Waals surface area contributed by atoms with E-state index in [4.69, 9.17) is 5.73 Å². The van der Waals surface area contributed by atoms with Crippen LogP contribution in [-0.4, -0.2) is 24.2 Å². The van der Waals surface area contributed by atoms with Gasteiger partial charge in [-0.2, -0.15) is 11.8 Å². The summed E-state index contributed by atoms with van der Waals surface area (Å²) in [6.45, 7) is 2.42. The summed E-state index contributed by atoms with van der Waals surface area (Å²) in [4.78, 5) is 24.3. The molecule has 0 aliphatic heterocycles. The van der Waals surface area contributed by atoms with E-state index in [9.17, 15) is 9.59 Å². The second kappa shape index (κ2) is 8.59. The molecule has 0 fully saturated rings.